The summed E-state index contributed by atoms with van der Waals surface area (Å²) >= 11 is 0. The molecule has 0 atom stereocenters. The van der Waals surface area contributed by atoms with Crippen molar-refractivity contribution in [3.8, 4) is 0 Å². The van der Waals surface area contributed by atoms with Gasteiger partial charge in [-0.05, 0) is 0 Å². The van der Waals surface area contributed by atoms with Crippen molar-refractivity contribution in [2.45, 2.75) is 0 Å². The first-order chi connectivity index (χ1) is 3.72. The normalized spacial score (nSPS) is 19.2. The second kappa shape index (κ2) is 1.43. The van der Waals surface area contributed by atoms with Crippen LogP contribution in [0.15, 0.2) is 23.9 Å². The van der Waals surface area contributed by atoms with Crippen molar-refractivity contribution in [1.29, 1.82) is 0 Å². The summed E-state index contributed by atoms with van der Waals surface area (Å²) in [7, 11) is 0. The van der Waals surface area contributed by atoms with Crippen LogP contribution in [-0.4, -0.2) is 16.8 Å². The molecule has 1 heterocycles. The molecule has 1 rings (SSSR count). The standard InChI is InChI=1S/C5H6O3/c1-3-5(7)4(6)2-8-3/h6-7H,1-2H2. The van der Waals surface area contributed by atoms with E-state index >= 15 is 0 Å². The molecule has 0 aromatic rings. The van der Waals surface area contributed by atoms with E-state index in [9.17, 15) is 0 Å². The van der Waals surface area contributed by atoms with Gasteiger partial charge in [0, 0.05) is 0 Å². The van der Waals surface area contributed by atoms with Gasteiger partial charge in [0.05, 0.1) is 0 Å². The van der Waals surface area contributed by atoms with Gasteiger partial charge in [-0.2, -0.15) is 0 Å². The Bertz CT molecular complexity index is 157. The highest BCUT2D eigenvalue weighted by Gasteiger charge is 2.16. The van der Waals surface area contributed by atoms with Gasteiger partial charge in [0.1, 0.15) is 6.61 Å². The number of ether oxygens (including phenoxy) is 1. The minimum Gasteiger partial charge on any atom is -0.505 e. The second-order valence-electron chi connectivity index (χ2n) is 1.51. The van der Waals surface area contributed by atoms with Crippen molar-refractivity contribution in [3.63, 3.8) is 0 Å². The lowest BCUT2D eigenvalue weighted by molar-refractivity contribution is 0.230. The van der Waals surface area contributed by atoms with E-state index in [0.717, 1.165) is 0 Å². The van der Waals surface area contributed by atoms with Crippen LogP contribution in [0.2, 0.25) is 0 Å². The lowest BCUT2D eigenvalue weighted by atomic mass is 10.4. The Balaban J connectivity index is 2.86. The van der Waals surface area contributed by atoms with Crippen LogP contribution in [0.3, 0.4) is 0 Å². The highest BCUT2D eigenvalue weighted by molar-refractivity contribution is 5.23. The number of rotatable bonds is 0. The zero-order valence-corrected chi connectivity index (χ0v) is 4.22. The quantitative estimate of drug-likeness (QED) is 0.491. The largest absolute Gasteiger partial charge is 0.505 e. The Labute approximate surface area is 46.5 Å². The van der Waals surface area contributed by atoms with E-state index in [2.05, 4.69) is 11.3 Å². The van der Waals surface area contributed by atoms with Gasteiger partial charge in [0.15, 0.2) is 17.3 Å². The molecule has 3 nitrogen and oxygen atoms in total. The third kappa shape index (κ3) is 0.521. The minimum atomic E-state index is -0.231. The van der Waals surface area contributed by atoms with Crippen LogP contribution < -0.4 is 0 Å². The monoisotopic (exact) mass is 114 g/mol. The van der Waals surface area contributed by atoms with E-state index in [1.165, 1.54) is 0 Å². The Morgan fingerprint density at radius 3 is 2.25 bits per heavy atom. The van der Waals surface area contributed by atoms with Crippen LogP contribution in [0.5, 0.6) is 0 Å². The third-order valence-corrected chi connectivity index (χ3v) is 0.921. The second-order valence-corrected chi connectivity index (χ2v) is 1.51. The van der Waals surface area contributed by atoms with Crippen molar-refractivity contribution in [2.75, 3.05) is 6.61 Å². The molecule has 0 aromatic carbocycles. The molecular weight excluding hydrogens is 108 g/mol. The molecule has 0 fully saturated rings. The molecule has 0 aromatic heterocycles. The number of aliphatic hydroxyl groups is 2. The molecule has 8 heavy (non-hydrogen) atoms. The fourth-order valence-corrected chi connectivity index (χ4v) is 0.453. The van der Waals surface area contributed by atoms with Gasteiger partial charge in [-0.1, -0.05) is 6.58 Å². The van der Waals surface area contributed by atoms with E-state index < -0.39 is 0 Å². The topological polar surface area (TPSA) is 49.7 Å². The van der Waals surface area contributed by atoms with Gasteiger partial charge in [-0.25, -0.2) is 0 Å². The molecule has 0 radical (unpaired) electrons. The number of hydrogen-bond acceptors (Lipinski definition) is 3. The molecule has 0 saturated carbocycles. The van der Waals surface area contributed by atoms with Gasteiger partial charge in [0.25, 0.3) is 0 Å². The molecule has 0 unspecified atom stereocenters. The van der Waals surface area contributed by atoms with Crippen LogP contribution in [0.25, 0.3) is 0 Å². The Morgan fingerprint density at radius 2 is 2.12 bits per heavy atom. The summed E-state index contributed by atoms with van der Waals surface area (Å²) in [6.07, 6.45) is 0. The van der Waals surface area contributed by atoms with E-state index in [1.54, 1.807) is 0 Å². The average Bonchev–Trinajstić information content (AvgIpc) is 1.98. The Kier molecular flexibility index (Phi) is 0.901. The zero-order chi connectivity index (χ0) is 6.15. The fourth-order valence-electron chi connectivity index (χ4n) is 0.453. The van der Waals surface area contributed by atoms with Gasteiger partial charge in [-0.15, -0.1) is 0 Å². The van der Waals surface area contributed by atoms with Crippen molar-refractivity contribution < 1.29 is 14.9 Å². The van der Waals surface area contributed by atoms with Crippen LogP contribution in [0.4, 0.5) is 0 Å². The Morgan fingerprint density at radius 1 is 1.50 bits per heavy atom. The SMILES string of the molecule is C=C1OCC(O)=C1O. The summed E-state index contributed by atoms with van der Waals surface area (Å²) in [5, 5.41) is 17.3. The predicted molar refractivity (Wildman–Crippen MR) is 27.4 cm³/mol. The zero-order valence-electron chi connectivity index (χ0n) is 4.22. The maximum atomic E-state index is 8.67. The van der Waals surface area contributed by atoms with Gasteiger partial charge in [-0.3, -0.25) is 0 Å². The first-order valence-electron chi connectivity index (χ1n) is 2.15. The summed E-state index contributed by atoms with van der Waals surface area (Å²) in [6.45, 7) is 3.34. The lowest BCUT2D eigenvalue weighted by Crippen LogP contribution is -1.82. The Hall–Kier alpha value is -1.12. The summed E-state index contributed by atoms with van der Waals surface area (Å²) in [6, 6.07) is 0. The average molecular weight is 114 g/mol. The maximum absolute atomic E-state index is 8.67. The van der Waals surface area contributed by atoms with Crippen molar-refractivity contribution in [2.24, 2.45) is 0 Å². The molecule has 0 amide bonds. The maximum Gasteiger partial charge on any atom is 0.199 e. The lowest BCUT2D eigenvalue weighted by Gasteiger charge is -1.90. The molecule has 1 aliphatic heterocycles. The fraction of sp³-hybridized carbons (Fsp3) is 0.200. The molecule has 0 aliphatic carbocycles. The summed E-state index contributed by atoms with van der Waals surface area (Å²) in [5.74, 6) is -0.234. The van der Waals surface area contributed by atoms with E-state index in [-0.39, 0.29) is 23.9 Å². The van der Waals surface area contributed by atoms with Gasteiger partial charge < -0.3 is 14.9 Å². The molecule has 44 valence electrons. The third-order valence-electron chi connectivity index (χ3n) is 0.921. The minimum absolute atomic E-state index is 0.0463. The van der Waals surface area contributed by atoms with Crippen LogP contribution in [-0.2, 0) is 4.74 Å². The highest BCUT2D eigenvalue weighted by Crippen LogP contribution is 2.17. The van der Waals surface area contributed by atoms with Crippen LogP contribution in [0, 0.1) is 0 Å². The first-order valence-corrected chi connectivity index (χ1v) is 2.15. The first kappa shape index (κ1) is 5.03. The molecule has 0 spiro atoms. The molecule has 2 N–H and O–H groups in total. The molecular formula is C5H6O3. The summed E-state index contributed by atoms with van der Waals surface area (Å²) < 4.78 is 4.61. The van der Waals surface area contributed by atoms with Crippen LogP contribution >= 0.6 is 0 Å². The van der Waals surface area contributed by atoms with Gasteiger partial charge >= 0.3 is 0 Å². The van der Waals surface area contributed by atoms with Crippen molar-refractivity contribution in [3.05, 3.63) is 23.9 Å². The number of aliphatic hydroxyl groups excluding tert-OH is 2. The predicted octanol–water partition coefficient (Wildman–Crippen LogP) is 0.858. The molecule has 3 heteroatoms. The summed E-state index contributed by atoms with van der Waals surface area (Å²) in [5.41, 5.74) is 0. The number of hydrogen-bond donors (Lipinski definition) is 2. The smallest absolute Gasteiger partial charge is 0.199 e. The van der Waals surface area contributed by atoms with Gasteiger partial charge in [0.2, 0.25) is 0 Å². The van der Waals surface area contributed by atoms with E-state index in [4.69, 9.17) is 10.2 Å². The molecule has 0 saturated heterocycles. The van der Waals surface area contributed by atoms with Crippen LogP contribution in [0.1, 0.15) is 0 Å². The van der Waals surface area contributed by atoms with E-state index in [1.807, 2.05) is 0 Å². The van der Waals surface area contributed by atoms with E-state index in [0.29, 0.717) is 0 Å². The van der Waals surface area contributed by atoms with Crippen molar-refractivity contribution >= 4 is 0 Å². The van der Waals surface area contributed by atoms with Crippen molar-refractivity contribution in [1.82, 2.24) is 0 Å². The summed E-state index contributed by atoms with van der Waals surface area (Å²) in [4.78, 5) is 0. The molecule has 0 bridgehead atoms. The molecule has 1 aliphatic rings. The highest BCUT2D eigenvalue weighted by atomic mass is 16.5.